The molecule has 0 atom stereocenters. The fraction of sp³-hybridized carbons (Fsp3) is 0.276. The van der Waals surface area contributed by atoms with Crippen molar-refractivity contribution in [3.63, 3.8) is 0 Å². The first-order valence-corrected chi connectivity index (χ1v) is 24.7. The van der Waals surface area contributed by atoms with E-state index in [9.17, 15) is 0 Å². The fourth-order valence-corrected chi connectivity index (χ4v) is 16.1. The highest BCUT2D eigenvalue weighted by molar-refractivity contribution is 7.27. The number of rotatable bonds is 4. The van der Waals surface area contributed by atoms with Crippen molar-refractivity contribution in [1.82, 2.24) is 0 Å². The van der Waals surface area contributed by atoms with Gasteiger partial charge in [-0.15, -0.1) is 0 Å². The SMILES string of the molecule is CC(C)(C)c1ccc(N2c3cccc4c3B3c5c2cc(C(C)(C)C)cc5[Si](c2ccccc2)(c2ccccc2)c2cc(C(C)(C)C)cc(c23)N4c2ccc(C(C)(C)C)cc2)cc1. The van der Waals surface area contributed by atoms with Gasteiger partial charge in [-0.3, -0.25) is 0 Å². The lowest BCUT2D eigenvalue weighted by atomic mass is 9.33. The summed E-state index contributed by atoms with van der Waals surface area (Å²) in [5.74, 6) is 0. The van der Waals surface area contributed by atoms with E-state index in [0.717, 1.165) is 0 Å². The van der Waals surface area contributed by atoms with Gasteiger partial charge in [-0.1, -0.05) is 186 Å². The molecule has 0 unspecified atom stereocenters. The molecular weight excluding hydrogens is 764 g/mol. The van der Waals surface area contributed by atoms with Crippen LogP contribution in [0.4, 0.5) is 34.1 Å². The summed E-state index contributed by atoms with van der Waals surface area (Å²) in [4.78, 5) is 5.26. The molecule has 7 aromatic carbocycles. The Morgan fingerprint density at radius 3 is 1.03 bits per heavy atom. The zero-order valence-electron chi connectivity index (χ0n) is 38.9. The van der Waals surface area contributed by atoms with Crippen molar-refractivity contribution < 1.29 is 0 Å². The molecule has 0 N–H and O–H groups in total. The van der Waals surface area contributed by atoms with Crippen molar-refractivity contribution in [3.8, 4) is 0 Å². The molecule has 310 valence electrons. The predicted octanol–water partition coefficient (Wildman–Crippen LogP) is 10.6. The van der Waals surface area contributed by atoms with Crippen LogP contribution in [0.5, 0.6) is 0 Å². The molecule has 0 radical (unpaired) electrons. The minimum atomic E-state index is -3.06. The van der Waals surface area contributed by atoms with Crippen molar-refractivity contribution >= 4 is 86.0 Å². The zero-order valence-corrected chi connectivity index (χ0v) is 39.9. The minimum Gasteiger partial charge on any atom is -0.311 e. The third-order valence-electron chi connectivity index (χ3n) is 14.1. The Kier molecular flexibility index (Phi) is 8.95. The van der Waals surface area contributed by atoms with Crippen LogP contribution in [0.2, 0.25) is 0 Å². The maximum atomic E-state index is 2.67. The van der Waals surface area contributed by atoms with E-state index in [1.165, 1.54) is 93.5 Å². The minimum absolute atomic E-state index is 0.0500. The molecule has 7 aromatic rings. The van der Waals surface area contributed by atoms with E-state index < -0.39 is 8.07 Å². The molecule has 3 aliphatic heterocycles. The quantitative estimate of drug-likeness (QED) is 0.163. The van der Waals surface area contributed by atoms with Gasteiger partial charge < -0.3 is 9.80 Å². The number of hydrogen-bond donors (Lipinski definition) is 0. The summed E-state index contributed by atoms with van der Waals surface area (Å²) in [7, 11) is -3.06. The molecule has 0 saturated heterocycles. The van der Waals surface area contributed by atoms with E-state index in [1.807, 2.05) is 0 Å². The third-order valence-corrected chi connectivity index (χ3v) is 19.0. The summed E-state index contributed by atoms with van der Waals surface area (Å²) in [6.07, 6.45) is 0. The van der Waals surface area contributed by atoms with Gasteiger partial charge in [0.15, 0.2) is 8.07 Å². The molecule has 3 heterocycles. The Bertz CT molecular complexity index is 2670. The monoisotopic (exact) mass is 824 g/mol. The molecule has 0 aromatic heterocycles. The molecule has 0 aliphatic carbocycles. The summed E-state index contributed by atoms with van der Waals surface area (Å²) in [6.45, 7) is 28.3. The molecule has 4 heteroatoms. The fourth-order valence-electron chi connectivity index (χ4n) is 10.7. The maximum Gasteiger partial charge on any atom is 0.251 e. The summed E-state index contributed by atoms with van der Waals surface area (Å²) in [5, 5.41) is 5.90. The third kappa shape index (κ3) is 6.04. The molecule has 2 nitrogen and oxygen atoms in total. The highest BCUT2D eigenvalue weighted by Gasteiger charge is 2.57. The second-order valence-electron chi connectivity index (χ2n) is 22.3. The van der Waals surface area contributed by atoms with Gasteiger partial charge in [0.05, 0.1) is 0 Å². The lowest BCUT2D eigenvalue weighted by molar-refractivity contribution is 0.590. The van der Waals surface area contributed by atoms with Gasteiger partial charge in [-0.05, 0) is 130 Å². The average molecular weight is 825 g/mol. The van der Waals surface area contributed by atoms with Crippen LogP contribution >= 0.6 is 0 Å². The molecule has 0 saturated carbocycles. The molecule has 62 heavy (non-hydrogen) atoms. The van der Waals surface area contributed by atoms with E-state index in [2.05, 4.69) is 245 Å². The first-order valence-electron chi connectivity index (χ1n) is 22.7. The summed E-state index contributed by atoms with van der Waals surface area (Å²) >= 11 is 0. The van der Waals surface area contributed by atoms with Gasteiger partial charge in [0.1, 0.15) is 0 Å². The summed E-state index contributed by atoms with van der Waals surface area (Å²) in [5.41, 5.74) is 17.2. The topological polar surface area (TPSA) is 6.48 Å². The number of hydrogen-bond acceptors (Lipinski definition) is 2. The summed E-state index contributed by atoms with van der Waals surface area (Å²) in [6, 6.07) is 59.8. The van der Waals surface area contributed by atoms with Crippen LogP contribution in [0.3, 0.4) is 0 Å². The molecule has 3 aliphatic rings. The first-order chi connectivity index (χ1) is 29.3. The molecule has 0 fully saturated rings. The second kappa shape index (κ2) is 13.7. The smallest absolute Gasteiger partial charge is 0.251 e. The van der Waals surface area contributed by atoms with Crippen molar-refractivity contribution in [3.05, 3.63) is 174 Å². The van der Waals surface area contributed by atoms with Gasteiger partial charge in [-0.2, -0.15) is 0 Å². The Morgan fingerprint density at radius 1 is 0.339 bits per heavy atom. The average Bonchev–Trinajstić information content (AvgIpc) is 3.23. The van der Waals surface area contributed by atoms with Gasteiger partial charge in [0, 0.05) is 34.1 Å². The number of benzene rings is 7. The molecule has 10 rings (SSSR count). The molecule has 0 bridgehead atoms. The highest BCUT2D eigenvalue weighted by atomic mass is 28.3. The van der Waals surface area contributed by atoms with E-state index >= 15 is 0 Å². The summed E-state index contributed by atoms with van der Waals surface area (Å²) < 4.78 is 0. The van der Waals surface area contributed by atoms with Crippen LogP contribution in [0.1, 0.15) is 105 Å². The standard InChI is InChI=1S/C58H61BN2Si/c1-55(2,3)38-26-30-42(31-27-38)60-46-24-19-25-47-52(46)59-53-48(60)34-40(57(7,8)9)36-50(53)62(44-20-15-13-16-21-44,45-22-17-14-18-23-45)51-37-41(58(10,11)12)35-49(54(51)59)61(47)43-32-28-39(29-33-43)56(4,5)6/h13-37H,1-12H3. The van der Waals surface area contributed by atoms with Crippen LogP contribution in [-0.2, 0) is 21.7 Å². The number of nitrogens with zero attached hydrogens (tertiary/aromatic N) is 2. The van der Waals surface area contributed by atoms with Gasteiger partial charge in [0.2, 0.25) is 0 Å². The molecular formula is C58H61BN2Si. The normalized spacial score (nSPS) is 15.1. The lowest BCUT2D eigenvalue weighted by Gasteiger charge is -2.52. The van der Waals surface area contributed by atoms with Gasteiger partial charge in [-0.25, -0.2) is 0 Å². The molecule has 0 amide bonds. The van der Waals surface area contributed by atoms with Crippen molar-refractivity contribution in [2.24, 2.45) is 0 Å². The largest absolute Gasteiger partial charge is 0.311 e. The van der Waals surface area contributed by atoms with Crippen LogP contribution in [0.15, 0.2) is 152 Å². The highest BCUT2D eigenvalue weighted by Crippen LogP contribution is 2.47. The van der Waals surface area contributed by atoms with Crippen LogP contribution in [-0.4, -0.2) is 14.8 Å². The maximum absolute atomic E-state index is 3.06. The van der Waals surface area contributed by atoms with E-state index in [4.69, 9.17) is 0 Å². The Morgan fingerprint density at radius 2 is 0.694 bits per heavy atom. The van der Waals surface area contributed by atoms with Crippen LogP contribution in [0.25, 0.3) is 0 Å². The Balaban J connectivity index is 1.43. The van der Waals surface area contributed by atoms with E-state index in [0.29, 0.717) is 0 Å². The van der Waals surface area contributed by atoms with Crippen LogP contribution < -0.4 is 46.9 Å². The molecule has 0 spiro atoms. The predicted molar refractivity (Wildman–Crippen MR) is 272 cm³/mol. The Hall–Kier alpha value is -5.58. The lowest BCUT2D eigenvalue weighted by Crippen LogP contribution is -2.88. The van der Waals surface area contributed by atoms with Gasteiger partial charge in [0.25, 0.3) is 6.71 Å². The zero-order chi connectivity index (χ0) is 43.7. The number of anilines is 6. The van der Waals surface area contributed by atoms with E-state index in [-0.39, 0.29) is 28.4 Å². The Labute approximate surface area is 372 Å². The van der Waals surface area contributed by atoms with Gasteiger partial charge >= 0.3 is 0 Å². The first kappa shape index (κ1) is 40.5. The second-order valence-corrected chi connectivity index (χ2v) is 26.0. The van der Waals surface area contributed by atoms with E-state index in [1.54, 1.807) is 0 Å². The van der Waals surface area contributed by atoms with Crippen molar-refractivity contribution in [1.29, 1.82) is 0 Å². The van der Waals surface area contributed by atoms with Crippen LogP contribution in [0, 0.1) is 0 Å². The van der Waals surface area contributed by atoms with Crippen molar-refractivity contribution in [2.45, 2.75) is 105 Å². The van der Waals surface area contributed by atoms with Crippen molar-refractivity contribution in [2.75, 3.05) is 9.80 Å².